The molecule has 2 heterocycles. The van der Waals surface area contributed by atoms with E-state index < -0.39 is 23.4 Å². The lowest BCUT2D eigenvalue weighted by atomic mass is 10.1. The molecule has 0 unspecified atom stereocenters. The fourth-order valence-electron chi connectivity index (χ4n) is 3.26. The Bertz CT molecular complexity index is 1080. The van der Waals surface area contributed by atoms with Crippen molar-refractivity contribution < 1.29 is 27.5 Å². The number of ether oxygens (including phenoxy) is 1. The highest BCUT2D eigenvalue weighted by atomic mass is 19.4. The Kier molecular flexibility index (Phi) is 4.97. The molecule has 0 saturated heterocycles. The second kappa shape index (κ2) is 7.10. The summed E-state index contributed by atoms with van der Waals surface area (Å²) in [5.41, 5.74) is 0.533. The van der Waals surface area contributed by atoms with Crippen LogP contribution < -0.4 is 4.74 Å². The summed E-state index contributed by atoms with van der Waals surface area (Å²) in [6, 6.07) is 6.00. The van der Waals surface area contributed by atoms with E-state index in [0.29, 0.717) is 12.0 Å². The molecule has 0 radical (unpaired) electrons. The summed E-state index contributed by atoms with van der Waals surface area (Å²) < 4.78 is 45.8. The number of nitrogens with zero attached hydrogens (tertiary/aromatic N) is 2. The number of alkyl halides is 3. The van der Waals surface area contributed by atoms with E-state index >= 15 is 0 Å². The fourth-order valence-corrected chi connectivity index (χ4v) is 3.26. The Labute approximate surface area is 158 Å². The number of pyridine rings is 1. The third kappa shape index (κ3) is 3.15. The summed E-state index contributed by atoms with van der Waals surface area (Å²) in [6.45, 7) is 3.18. The van der Waals surface area contributed by atoms with Crippen LogP contribution in [-0.4, -0.2) is 34.5 Å². The summed E-state index contributed by atoms with van der Waals surface area (Å²) >= 11 is 0. The van der Waals surface area contributed by atoms with Gasteiger partial charge in [0.1, 0.15) is 5.75 Å². The molecular weight excluding hydrogens is 373 g/mol. The summed E-state index contributed by atoms with van der Waals surface area (Å²) in [5, 5.41) is 0.00876. The van der Waals surface area contributed by atoms with Crippen LogP contribution >= 0.6 is 0 Å². The van der Waals surface area contributed by atoms with E-state index in [1.165, 1.54) is 38.4 Å². The Morgan fingerprint density at radius 3 is 2.54 bits per heavy atom. The summed E-state index contributed by atoms with van der Waals surface area (Å²) in [7, 11) is 1.37. The predicted molar refractivity (Wildman–Crippen MR) is 97.0 cm³/mol. The molecule has 0 aliphatic rings. The van der Waals surface area contributed by atoms with Crippen LogP contribution in [0.25, 0.3) is 10.9 Å². The molecule has 0 aliphatic heterocycles. The second-order valence-electron chi connectivity index (χ2n) is 6.20. The summed E-state index contributed by atoms with van der Waals surface area (Å²) in [6.07, 6.45) is -1.61. The highest BCUT2D eigenvalue weighted by Gasteiger charge is 2.42. The van der Waals surface area contributed by atoms with Gasteiger partial charge in [0.05, 0.1) is 23.8 Å². The van der Waals surface area contributed by atoms with Crippen LogP contribution in [-0.2, 0) is 6.42 Å². The van der Waals surface area contributed by atoms with Crippen molar-refractivity contribution >= 4 is 22.6 Å². The van der Waals surface area contributed by atoms with E-state index in [2.05, 4.69) is 4.98 Å². The standard InChI is InChI=1S/C20H17F3N2O3/c1-4-12-7-8-24-10-15(12)19(27)25-11(2)17(18(26)20(21,22)23)14-9-13(28-3)5-6-16(14)25/h5-10H,4H2,1-3H3. The average molecular weight is 390 g/mol. The van der Waals surface area contributed by atoms with Crippen molar-refractivity contribution in [1.82, 2.24) is 9.55 Å². The Morgan fingerprint density at radius 2 is 1.93 bits per heavy atom. The number of aromatic nitrogens is 2. The van der Waals surface area contributed by atoms with Gasteiger partial charge in [-0.1, -0.05) is 6.92 Å². The van der Waals surface area contributed by atoms with Gasteiger partial charge in [-0.25, -0.2) is 0 Å². The SMILES string of the molecule is CCc1ccncc1C(=O)n1c(C)c(C(=O)C(F)(F)F)c2cc(OC)ccc21. The Hall–Kier alpha value is -3.16. The van der Waals surface area contributed by atoms with Crippen LogP contribution in [0, 0.1) is 6.92 Å². The number of aryl methyl sites for hydroxylation is 1. The lowest BCUT2D eigenvalue weighted by Gasteiger charge is -2.11. The molecule has 0 fully saturated rings. The van der Waals surface area contributed by atoms with Gasteiger partial charge in [-0.2, -0.15) is 13.2 Å². The Balaban J connectivity index is 2.33. The van der Waals surface area contributed by atoms with Gasteiger partial charge in [0, 0.05) is 23.5 Å². The van der Waals surface area contributed by atoms with Crippen LogP contribution in [0.1, 0.15) is 38.9 Å². The normalized spacial score (nSPS) is 11.6. The van der Waals surface area contributed by atoms with E-state index in [9.17, 15) is 22.8 Å². The minimum atomic E-state index is -5.07. The molecule has 146 valence electrons. The number of rotatable bonds is 4. The highest BCUT2D eigenvalue weighted by molar-refractivity contribution is 6.15. The molecule has 0 spiro atoms. The average Bonchev–Trinajstić information content (AvgIpc) is 2.96. The van der Waals surface area contributed by atoms with Gasteiger partial charge in [0.15, 0.2) is 0 Å². The molecule has 1 aromatic carbocycles. The van der Waals surface area contributed by atoms with Crippen LogP contribution in [0.5, 0.6) is 5.75 Å². The number of ketones is 1. The first-order valence-corrected chi connectivity index (χ1v) is 8.48. The molecule has 0 amide bonds. The third-order valence-electron chi connectivity index (χ3n) is 4.62. The number of fused-ring (bicyclic) bond motifs is 1. The van der Waals surface area contributed by atoms with Crippen molar-refractivity contribution in [2.24, 2.45) is 0 Å². The molecule has 0 N–H and O–H groups in total. The number of benzene rings is 1. The first-order valence-electron chi connectivity index (χ1n) is 8.48. The predicted octanol–water partition coefficient (Wildman–Crippen LogP) is 4.35. The maximum absolute atomic E-state index is 13.2. The van der Waals surface area contributed by atoms with Gasteiger partial charge in [0.2, 0.25) is 0 Å². The zero-order valence-electron chi connectivity index (χ0n) is 15.4. The van der Waals surface area contributed by atoms with Crippen molar-refractivity contribution in [3.8, 4) is 5.75 Å². The Morgan fingerprint density at radius 1 is 1.21 bits per heavy atom. The number of hydrogen-bond acceptors (Lipinski definition) is 4. The molecule has 3 aromatic rings. The van der Waals surface area contributed by atoms with Gasteiger partial charge >= 0.3 is 6.18 Å². The van der Waals surface area contributed by atoms with Crippen molar-refractivity contribution in [3.63, 3.8) is 0 Å². The van der Waals surface area contributed by atoms with Crippen LogP contribution in [0.3, 0.4) is 0 Å². The smallest absolute Gasteiger partial charge is 0.454 e. The fraction of sp³-hybridized carbons (Fsp3) is 0.250. The molecule has 0 aliphatic carbocycles. The van der Waals surface area contributed by atoms with Gasteiger partial charge in [0.25, 0.3) is 11.7 Å². The molecule has 0 atom stereocenters. The van der Waals surface area contributed by atoms with E-state index in [1.807, 2.05) is 6.92 Å². The van der Waals surface area contributed by atoms with E-state index in [1.54, 1.807) is 12.3 Å². The van der Waals surface area contributed by atoms with E-state index in [4.69, 9.17) is 4.74 Å². The van der Waals surface area contributed by atoms with Crippen molar-refractivity contribution in [1.29, 1.82) is 0 Å². The third-order valence-corrected chi connectivity index (χ3v) is 4.62. The van der Waals surface area contributed by atoms with Crippen LogP contribution in [0.2, 0.25) is 0 Å². The van der Waals surface area contributed by atoms with Crippen molar-refractivity contribution in [3.05, 3.63) is 59.0 Å². The van der Waals surface area contributed by atoms with Gasteiger partial charge in [-0.3, -0.25) is 19.1 Å². The summed E-state index contributed by atoms with van der Waals surface area (Å²) in [5.74, 6) is -2.26. The number of methoxy groups -OCH3 is 1. The highest BCUT2D eigenvalue weighted by Crippen LogP contribution is 2.34. The number of Topliss-reactive ketones (excluding diaryl/α,β-unsaturated/α-hetero) is 1. The van der Waals surface area contributed by atoms with Gasteiger partial charge in [-0.15, -0.1) is 0 Å². The first-order chi connectivity index (χ1) is 13.2. The minimum absolute atomic E-state index is 0.00876. The van der Waals surface area contributed by atoms with Crippen LogP contribution in [0.4, 0.5) is 13.2 Å². The molecule has 28 heavy (non-hydrogen) atoms. The number of carbonyl (C=O) groups is 2. The topological polar surface area (TPSA) is 61.2 Å². The minimum Gasteiger partial charge on any atom is -0.497 e. The molecule has 0 bridgehead atoms. The van der Waals surface area contributed by atoms with Gasteiger partial charge < -0.3 is 4.74 Å². The van der Waals surface area contributed by atoms with E-state index in [0.717, 1.165) is 4.57 Å². The quantitative estimate of drug-likeness (QED) is 0.622. The van der Waals surface area contributed by atoms with Crippen LogP contribution in [0.15, 0.2) is 36.7 Å². The zero-order valence-corrected chi connectivity index (χ0v) is 15.4. The monoisotopic (exact) mass is 390 g/mol. The van der Waals surface area contributed by atoms with Gasteiger partial charge in [-0.05, 0) is 43.2 Å². The lowest BCUT2D eigenvalue weighted by Crippen LogP contribution is -2.24. The molecule has 2 aromatic heterocycles. The molecule has 3 rings (SSSR count). The number of hydrogen-bond donors (Lipinski definition) is 0. The zero-order chi connectivity index (χ0) is 20.6. The maximum atomic E-state index is 13.2. The first kappa shape index (κ1) is 19.6. The van der Waals surface area contributed by atoms with Crippen molar-refractivity contribution in [2.45, 2.75) is 26.4 Å². The number of carbonyl (C=O) groups excluding carboxylic acids is 2. The lowest BCUT2D eigenvalue weighted by molar-refractivity contribution is -0.0884. The molecule has 5 nitrogen and oxygen atoms in total. The second-order valence-corrected chi connectivity index (χ2v) is 6.20. The van der Waals surface area contributed by atoms with E-state index in [-0.39, 0.29) is 27.9 Å². The van der Waals surface area contributed by atoms with Crippen molar-refractivity contribution in [2.75, 3.05) is 7.11 Å². The molecule has 8 heteroatoms. The largest absolute Gasteiger partial charge is 0.497 e. The summed E-state index contributed by atoms with van der Waals surface area (Å²) in [4.78, 5) is 29.3. The maximum Gasteiger partial charge on any atom is 0.454 e. The molecule has 0 saturated carbocycles. The number of halogens is 3. The molecular formula is C20H17F3N2O3.